The van der Waals surface area contributed by atoms with Gasteiger partial charge in [-0.05, 0) is 33.8 Å². The third-order valence-electron chi connectivity index (χ3n) is 2.70. The van der Waals surface area contributed by atoms with Gasteiger partial charge in [-0.3, -0.25) is 0 Å². The smallest absolute Gasteiger partial charge is 0.165 e. The van der Waals surface area contributed by atoms with Crippen LogP contribution in [0.3, 0.4) is 0 Å². The maximum Gasteiger partial charge on any atom is 0.165 e. The molecular formula is C16H27NO3. The number of rotatable bonds is 8. The highest BCUT2D eigenvalue weighted by Crippen LogP contribution is 2.31. The molecule has 1 rings (SSSR count). The molecule has 0 heterocycles. The zero-order valence-corrected chi connectivity index (χ0v) is 13.3. The van der Waals surface area contributed by atoms with E-state index in [9.17, 15) is 0 Å². The first-order valence-corrected chi connectivity index (χ1v) is 7.09. The van der Waals surface area contributed by atoms with Crippen LogP contribution in [0.15, 0.2) is 18.2 Å². The fraction of sp³-hybridized carbons (Fsp3) is 0.625. The van der Waals surface area contributed by atoms with E-state index in [1.165, 1.54) is 0 Å². The third kappa shape index (κ3) is 5.80. The summed E-state index contributed by atoms with van der Waals surface area (Å²) < 4.78 is 16.5. The number of hydrogen-bond acceptors (Lipinski definition) is 4. The minimum absolute atomic E-state index is 0.0609. The van der Waals surface area contributed by atoms with Gasteiger partial charge in [-0.2, -0.15) is 0 Å². The first-order chi connectivity index (χ1) is 9.48. The lowest BCUT2D eigenvalue weighted by Crippen LogP contribution is -2.35. The maximum absolute atomic E-state index is 5.84. The van der Waals surface area contributed by atoms with E-state index in [0.29, 0.717) is 19.8 Å². The SMILES string of the molecule is CCOc1cccc(CNC(C)(C)C)c1OCCOC. The second-order valence-corrected chi connectivity index (χ2v) is 5.62. The molecule has 1 N–H and O–H groups in total. The van der Waals surface area contributed by atoms with Crippen LogP contribution in [0.25, 0.3) is 0 Å². The lowest BCUT2D eigenvalue weighted by atomic mass is 10.1. The van der Waals surface area contributed by atoms with Crippen molar-refractivity contribution < 1.29 is 14.2 Å². The van der Waals surface area contributed by atoms with Crippen molar-refractivity contribution in [1.82, 2.24) is 5.32 Å². The summed E-state index contributed by atoms with van der Waals surface area (Å²) in [5.74, 6) is 1.60. The highest BCUT2D eigenvalue weighted by atomic mass is 16.5. The van der Waals surface area contributed by atoms with Crippen molar-refractivity contribution in [2.45, 2.75) is 39.8 Å². The second-order valence-electron chi connectivity index (χ2n) is 5.62. The Labute approximate surface area is 122 Å². The first-order valence-electron chi connectivity index (χ1n) is 7.09. The lowest BCUT2D eigenvalue weighted by Gasteiger charge is -2.22. The van der Waals surface area contributed by atoms with Gasteiger partial charge in [0.15, 0.2) is 11.5 Å². The van der Waals surface area contributed by atoms with E-state index in [-0.39, 0.29) is 5.54 Å². The summed E-state index contributed by atoms with van der Waals surface area (Å²) in [6, 6.07) is 5.99. The number of hydrogen-bond donors (Lipinski definition) is 1. The zero-order valence-electron chi connectivity index (χ0n) is 13.3. The zero-order chi connectivity index (χ0) is 15.0. The van der Waals surface area contributed by atoms with Crippen LogP contribution in [-0.4, -0.2) is 32.5 Å². The first kappa shape index (κ1) is 16.8. The van der Waals surface area contributed by atoms with Gasteiger partial charge in [0.05, 0.1) is 13.2 Å². The topological polar surface area (TPSA) is 39.7 Å². The highest BCUT2D eigenvalue weighted by molar-refractivity contribution is 5.46. The molecule has 20 heavy (non-hydrogen) atoms. The van der Waals surface area contributed by atoms with Gasteiger partial charge in [-0.15, -0.1) is 0 Å². The van der Waals surface area contributed by atoms with E-state index in [1.807, 2.05) is 19.1 Å². The molecule has 4 nitrogen and oxygen atoms in total. The van der Waals surface area contributed by atoms with E-state index in [4.69, 9.17) is 14.2 Å². The molecule has 0 aliphatic carbocycles. The summed E-state index contributed by atoms with van der Waals surface area (Å²) in [5, 5.41) is 3.47. The van der Waals surface area contributed by atoms with Crippen molar-refractivity contribution in [3.05, 3.63) is 23.8 Å². The number of nitrogens with one attached hydrogen (secondary N) is 1. The molecule has 0 amide bonds. The Morgan fingerprint density at radius 1 is 1.10 bits per heavy atom. The Morgan fingerprint density at radius 2 is 1.85 bits per heavy atom. The van der Waals surface area contributed by atoms with Gasteiger partial charge in [0.25, 0.3) is 0 Å². The van der Waals surface area contributed by atoms with Gasteiger partial charge >= 0.3 is 0 Å². The number of ether oxygens (including phenoxy) is 3. The van der Waals surface area contributed by atoms with Crippen molar-refractivity contribution >= 4 is 0 Å². The van der Waals surface area contributed by atoms with Crippen molar-refractivity contribution in [2.24, 2.45) is 0 Å². The quantitative estimate of drug-likeness (QED) is 0.744. The van der Waals surface area contributed by atoms with Crippen LogP contribution in [0.4, 0.5) is 0 Å². The van der Waals surface area contributed by atoms with Crippen LogP contribution in [0.5, 0.6) is 11.5 Å². The fourth-order valence-electron chi connectivity index (χ4n) is 1.72. The van der Waals surface area contributed by atoms with Crippen molar-refractivity contribution in [3.8, 4) is 11.5 Å². The number of para-hydroxylation sites is 1. The minimum atomic E-state index is 0.0609. The molecule has 0 aliphatic rings. The largest absolute Gasteiger partial charge is 0.490 e. The van der Waals surface area contributed by atoms with Crippen molar-refractivity contribution in [3.63, 3.8) is 0 Å². The molecule has 0 saturated carbocycles. The van der Waals surface area contributed by atoms with E-state index in [1.54, 1.807) is 7.11 Å². The van der Waals surface area contributed by atoms with Crippen molar-refractivity contribution in [1.29, 1.82) is 0 Å². The predicted octanol–water partition coefficient (Wildman–Crippen LogP) is 3.00. The van der Waals surface area contributed by atoms with Crippen LogP contribution in [0.1, 0.15) is 33.3 Å². The molecule has 1 aromatic carbocycles. The molecular weight excluding hydrogens is 254 g/mol. The van der Waals surface area contributed by atoms with Gasteiger partial charge in [-0.25, -0.2) is 0 Å². The summed E-state index contributed by atoms with van der Waals surface area (Å²) in [6.07, 6.45) is 0. The van der Waals surface area contributed by atoms with E-state index in [2.05, 4.69) is 32.2 Å². The summed E-state index contributed by atoms with van der Waals surface area (Å²) in [7, 11) is 1.67. The summed E-state index contributed by atoms with van der Waals surface area (Å²) in [4.78, 5) is 0. The fourth-order valence-corrected chi connectivity index (χ4v) is 1.72. The molecule has 0 spiro atoms. The monoisotopic (exact) mass is 281 g/mol. The second kappa shape index (κ2) is 8.12. The van der Waals surface area contributed by atoms with Gasteiger partial charge in [0, 0.05) is 24.8 Å². The van der Waals surface area contributed by atoms with Crippen LogP contribution in [0.2, 0.25) is 0 Å². The standard InChI is InChI=1S/C16H27NO3/c1-6-19-14-9-7-8-13(12-17-16(2,3)4)15(14)20-11-10-18-5/h7-9,17H,6,10-12H2,1-5H3. The minimum Gasteiger partial charge on any atom is -0.490 e. The maximum atomic E-state index is 5.84. The van der Waals surface area contributed by atoms with Gasteiger partial charge in [-0.1, -0.05) is 12.1 Å². The van der Waals surface area contributed by atoms with Crippen LogP contribution in [0, 0.1) is 0 Å². The molecule has 0 aliphatic heterocycles. The average molecular weight is 281 g/mol. The third-order valence-corrected chi connectivity index (χ3v) is 2.70. The van der Waals surface area contributed by atoms with Gasteiger partial charge in [0.2, 0.25) is 0 Å². The predicted molar refractivity (Wildman–Crippen MR) is 81.6 cm³/mol. The molecule has 0 atom stereocenters. The molecule has 4 heteroatoms. The van der Waals surface area contributed by atoms with E-state index in [0.717, 1.165) is 23.6 Å². The Bertz CT molecular complexity index is 399. The highest BCUT2D eigenvalue weighted by Gasteiger charge is 2.14. The van der Waals surface area contributed by atoms with Crippen molar-refractivity contribution in [2.75, 3.05) is 26.9 Å². The Kier molecular flexibility index (Phi) is 6.82. The summed E-state index contributed by atoms with van der Waals surface area (Å²) in [5.41, 5.74) is 1.16. The average Bonchev–Trinajstić information content (AvgIpc) is 2.38. The lowest BCUT2D eigenvalue weighted by molar-refractivity contribution is 0.142. The molecule has 0 aromatic heterocycles. The molecule has 1 aromatic rings. The van der Waals surface area contributed by atoms with Crippen LogP contribution >= 0.6 is 0 Å². The van der Waals surface area contributed by atoms with E-state index >= 15 is 0 Å². The molecule has 0 saturated heterocycles. The number of methoxy groups -OCH3 is 1. The molecule has 0 unspecified atom stereocenters. The number of benzene rings is 1. The van der Waals surface area contributed by atoms with Gasteiger partial charge < -0.3 is 19.5 Å². The summed E-state index contributed by atoms with van der Waals surface area (Å²) >= 11 is 0. The normalized spacial score (nSPS) is 11.4. The van der Waals surface area contributed by atoms with Crippen LogP contribution in [-0.2, 0) is 11.3 Å². The molecule has 114 valence electrons. The summed E-state index contributed by atoms with van der Waals surface area (Å²) in [6.45, 7) is 10.8. The van der Waals surface area contributed by atoms with Crippen LogP contribution < -0.4 is 14.8 Å². The van der Waals surface area contributed by atoms with Gasteiger partial charge in [0.1, 0.15) is 6.61 Å². The molecule has 0 fully saturated rings. The van der Waals surface area contributed by atoms with E-state index < -0.39 is 0 Å². The molecule has 0 radical (unpaired) electrons. The Morgan fingerprint density at radius 3 is 2.45 bits per heavy atom. The Hall–Kier alpha value is -1.26. The Balaban J connectivity index is 2.86. The molecule has 0 bridgehead atoms.